The zero-order chi connectivity index (χ0) is 16.2. The van der Waals surface area contributed by atoms with Gasteiger partial charge in [0.05, 0.1) is 31.4 Å². The molecule has 1 aromatic carbocycles. The quantitative estimate of drug-likeness (QED) is 0.396. The van der Waals surface area contributed by atoms with Crippen molar-refractivity contribution in [2.45, 2.75) is 6.42 Å². The number of nitrogens with zero attached hydrogens (tertiary/aromatic N) is 1. The highest BCUT2D eigenvalue weighted by Gasteiger charge is 2.27. The van der Waals surface area contributed by atoms with Crippen LogP contribution in [-0.2, 0) is 9.84 Å². The summed E-state index contributed by atoms with van der Waals surface area (Å²) in [4.78, 5) is 4.22. The number of methoxy groups -OCH3 is 2. The summed E-state index contributed by atoms with van der Waals surface area (Å²) in [5.74, 6) is 1.96. The van der Waals surface area contributed by atoms with Crippen LogP contribution in [0.1, 0.15) is 6.42 Å². The lowest BCUT2D eigenvalue weighted by Gasteiger charge is -2.12. The predicted molar refractivity (Wildman–Crippen MR) is 102 cm³/mol. The molecule has 0 saturated carbocycles. The van der Waals surface area contributed by atoms with E-state index in [0.717, 1.165) is 0 Å². The maximum Gasteiger partial charge on any atom is 0.193 e. The van der Waals surface area contributed by atoms with Crippen LogP contribution in [0.15, 0.2) is 23.2 Å². The van der Waals surface area contributed by atoms with E-state index < -0.39 is 9.84 Å². The molecule has 0 amide bonds. The number of nitrogens with two attached hydrogens (primary N) is 1. The SMILES string of the molecule is COc1ccc(OC)c(NC(N)=NCC2CCS(=O)(=O)C2)c1.I. The Balaban J connectivity index is 0.00000264. The van der Waals surface area contributed by atoms with Crippen LogP contribution in [0.5, 0.6) is 11.5 Å². The van der Waals surface area contributed by atoms with E-state index in [1.165, 1.54) is 0 Å². The zero-order valence-corrected chi connectivity index (χ0v) is 16.3. The minimum absolute atomic E-state index is 0. The third-order valence-electron chi connectivity index (χ3n) is 3.52. The molecule has 1 heterocycles. The topological polar surface area (TPSA) is 103 Å². The van der Waals surface area contributed by atoms with E-state index >= 15 is 0 Å². The molecular weight excluding hydrogens is 433 g/mol. The molecule has 0 aromatic heterocycles. The van der Waals surface area contributed by atoms with E-state index in [0.29, 0.717) is 30.2 Å². The third kappa shape index (κ3) is 5.72. The van der Waals surface area contributed by atoms with Crippen molar-refractivity contribution in [3.05, 3.63) is 18.2 Å². The van der Waals surface area contributed by atoms with Crippen LogP contribution in [0.25, 0.3) is 0 Å². The standard InChI is InChI=1S/C14H21N3O4S.HI/c1-20-11-3-4-13(21-2)12(7-11)17-14(15)16-8-10-5-6-22(18,19)9-10;/h3-4,7,10H,5-6,8-9H2,1-2H3,(H3,15,16,17);1H. The normalized spacial score (nSPS) is 19.7. The molecule has 9 heteroatoms. The molecule has 1 unspecified atom stereocenters. The summed E-state index contributed by atoms with van der Waals surface area (Å²) in [6, 6.07) is 5.29. The molecule has 1 saturated heterocycles. The molecular formula is C14H22IN3O4S. The van der Waals surface area contributed by atoms with Crippen molar-refractivity contribution in [3.63, 3.8) is 0 Å². The molecule has 130 valence electrons. The molecule has 7 nitrogen and oxygen atoms in total. The third-order valence-corrected chi connectivity index (χ3v) is 5.35. The van der Waals surface area contributed by atoms with Crippen LogP contribution in [0.2, 0.25) is 0 Å². The molecule has 0 radical (unpaired) electrons. The van der Waals surface area contributed by atoms with E-state index in [9.17, 15) is 8.42 Å². The Morgan fingerprint density at radius 3 is 2.70 bits per heavy atom. The summed E-state index contributed by atoms with van der Waals surface area (Å²) in [6.07, 6.45) is 0.640. The van der Waals surface area contributed by atoms with Gasteiger partial charge in [0.15, 0.2) is 15.8 Å². The molecule has 1 aromatic rings. The average molecular weight is 455 g/mol. The molecule has 3 N–H and O–H groups in total. The second-order valence-corrected chi connectivity index (χ2v) is 7.41. The van der Waals surface area contributed by atoms with Gasteiger partial charge in [0, 0.05) is 12.6 Å². The number of nitrogens with one attached hydrogen (secondary N) is 1. The van der Waals surface area contributed by atoms with Gasteiger partial charge in [0.2, 0.25) is 0 Å². The molecule has 23 heavy (non-hydrogen) atoms. The molecule has 0 spiro atoms. The summed E-state index contributed by atoms with van der Waals surface area (Å²) in [5.41, 5.74) is 6.50. The number of anilines is 1. The zero-order valence-electron chi connectivity index (χ0n) is 13.1. The number of aliphatic imine (C=N–C) groups is 1. The first kappa shape index (κ1) is 19.8. The highest BCUT2D eigenvalue weighted by Crippen LogP contribution is 2.28. The second kappa shape index (κ2) is 8.57. The van der Waals surface area contributed by atoms with Crippen LogP contribution < -0.4 is 20.5 Å². The first-order chi connectivity index (χ1) is 10.4. The lowest BCUT2D eigenvalue weighted by atomic mass is 10.1. The van der Waals surface area contributed by atoms with Crippen molar-refractivity contribution in [2.24, 2.45) is 16.6 Å². The number of hydrogen-bond donors (Lipinski definition) is 2. The summed E-state index contributed by atoms with van der Waals surface area (Å²) >= 11 is 0. The Labute approximate surface area is 153 Å². The fraction of sp³-hybridized carbons (Fsp3) is 0.500. The largest absolute Gasteiger partial charge is 0.497 e. The van der Waals surface area contributed by atoms with Crippen LogP contribution in [-0.4, -0.2) is 46.6 Å². The molecule has 1 aliphatic rings. The number of ether oxygens (including phenoxy) is 2. The van der Waals surface area contributed by atoms with Crippen LogP contribution in [0.4, 0.5) is 5.69 Å². The highest BCUT2D eigenvalue weighted by molar-refractivity contribution is 14.0. The van der Waals surface area contributed by atoms with Crippen molar-refractivity contribution in [1.29, 1.82) is 0 Å². The van der Waals surface area contributed by atoms with Crippen molar-refractivity contribution in [2.75, 3.05) is 37.6 Å². The van der Waals surface area contributed by atoms with Crippen molar-refractivity contribution in [3.8, 4) is 11.5 Å². The van der Waals surface area contributed by atoms with Gasteiger partial charge in [-0.3, -0.25) is 4.99 Å². The van der Waals surface area contributed by atoms with Gasteiger partial charge < -0.3 is 20.5 Å². The van der Waals surface area contributed by atoms with Crippen molar-refractivity contribution < 1.29 is 17.9 Å². The smallest absolute Gasteiger partial charge is 0.193 e. The van der Waals surface area contributed by atoms with Gasteiger partial charge >= 0.3 is 0 Å². The summed E-state index contributed by atoms with van der Waals surface area (Å²) in [6.45, 7) is 0.393. The average Bonchev–Trinajstić information content (AvgIpc) is 2.84. The Bertz CT molecular complexity index is 664. The van der Waals surface area contributed by atoms with E-state index in [4.69, 9.17) is 15.2 Å². The monoisotopic (exact) mass is 455 g/mol. The van der Waals surface area contributed by atoms with Crippen molar-refractivity contribution >= 4 is 45.5 Å². The number of hydrogen-bond acceptors (Lipinski definition) is 5. The molecule has 1 fully saturated rings. The van der Waals surface area contributed by atoms with Crippen LogP contribution >= 0.6 is 24.0 Å². The van der Waals surface area contributed by atoms with Crippen LogP contribution in [0, 0.1) is 5.92 Å². The summed E-state index contributed by atoms with van der Waals surface area (Å²) < 4.78 is 33.2. The maximum atomic E-state index is 11.4. The molecule has 1 atom stereocenters. The molecule has 2 rings (SSSR count). The van der Waals surface area contributed by atoms with E-state index in [1.807, 2.05) is 0 Å². The van der Waals surface area contributed by atoms with E-state index in [-0.39, 0.29) is 47.4 Å². The molecule has 0 aliphatic carbocycles. The van der Waals surface area contributed by atoms with Gasteiger partial charge in [0.25, 0.3) is 0 Å². The second-order valence-electron chi connectivity index (χ2n) is 5.19. The van der Waals surface area contributed by atoms with E-state index in [2.05, 4.69) is 10.3 Å². The first-order valence-electron chi connectivity index (χ1n) is 6.93. The Hall–Kier alpha value is -1.23. The van der Waals surface area contributed by atoms with Gasteiger partial charge in [-0.25, -0.2) is 8.42 Å². The molecule has 0 bridgehead atoms. The van der Waals surface area contributed by atoms with Gasteiger partial charge in [0.1, 0.15) is 11.5 Å². The minimum Gasteiger partial charge on any atom is -0.497 e. The number of guanidine groups is 1. The first-order valence-corrected chi connectivity index (χ1v) is 8.75. The fourth-order valence-corrected chi connectivity index (χ4v) is 4.18. The predicted octanol–water partition coefficient (Wildman–Crippen LogP) is 1.48. The summed E-state index contributed by atoms with van der Waals surface area (Å²) in [5, 5.41) is 2.95. The molecule has 1 aliphatic heterocycles. The number of benzene rings is 1. The maximum absolute atomic E-state index is 11.4. The number of sulfone groups is 1. The van der Waals surface area contributed by atoms with Crippen molar-refractivity contribution in [1.82, 2.24) is 0 Å². The van der Waals surface area contributed by atoms with Gasteiger partial charge in [-0.1, -0.05) is 0 Å². The lowest BCUT2D eigenvalue weighted by molar-refractivity contribution is 0.405. The highest BCUT2D eigenvalue weighted by atomic mass is 127. The van der Waals surface area contributed by atoms with Gasteiger partial charge in [-0.05, 0) is 24.5 Å². The van der Waals surface area contributed by atoms with Gasteiger partial charge in [-0.2, -0.15) is 0 Å². The van der Waals surface area contributed by atoms with E-state index in [1.54, 1.807) is 32.4 Å². The number of rotatable bonds is 5. The fourth-order valence-electron chi connectivity index (χ4n) is 2.33. The lowest BCUT2D eigenvalue weighted by Crippen LogP contribution is -2.24. The Morgan fingerprint density at radius 2 is 2.13 bits per heavy atom. The van der Waals surface area contributed by atoms with Crippen LogP contribution in [0.3, 0.4) is 0 Å². The Kier molecular flexibility index (Phi) is 7.39. The number of halogens is 1. The van der Waals surface area contributed by atoms with Gasteiger partial charge in [-0.15, -0.1) is 24.0 Å². The summed E-state index contributed by atoms with van der Waals surface area (Å²) in [7, 11) is 0.243. The minimum atomic E-state index is -2.89. The Morgan fingerprint density at radius 1 is 1.39 bits per heavy atom.